The summed E-state index contributed by atoms with van der Waals surface area (Å²) >= 11 is 0. The van der Waals surface area contributed by atoms with Crippen molar-refractivity contribution in [2.24, 2.45) is 0 Å². The van der Waals surface area contributed by atoms with E-state index in [2.05, 4.69) is 44.3 Å². The number of nitrogens with zero attached hydrogens (tertiary/aromatic N) is 6. The minimum atomic E-state index is 0.676. The first-order valence-corrected chi connectivity index (χ1v) is 9.37. The first kappa shape index (κ1) is 18.0. The third kappa shape index (κ3) is 3.83. The van der Waals surface area contributed by atoms with Gasteiger partial charge in [-0.25, -0.2) is 0 Å². The van der Waals surface area contributed by atoms with Crippen molar-refractivity contribution in [3.63, 3.8) is 0 Å². The molecule has 0 aliphatic carbocycles. The lowest BCUT2D eigenvalue weighted by Gasteiger charge is -2.36. The minimum Gasteiger partial charge on any atom is -0.497 e. The van der Waals surface area contributed by atoms with Crippen LogP contribution >= 0.6 is 0 Å². The van der Waals surface area contributed by atoms with Gasteiger partial charge in [0.05, 0.1) is 13.3 Å². The van der Waals surface area contributed by atoms with Gasteiger partial charge in [0.15, 0.2) is 5.82 Å². The quantitative estimate of drug-likeness (QED) is 0.678. The Morgan fingerprint density at radius 3 is 2.25 bits per heavy atom. The number of piperazine rings is 1. The van der Waals surface area contributed by atoms with Crippen molar-refractivity contribution in [1.82, 2.24) is 15.2 Å². The van der Waals surface area contributed by atoms with Crippen LogP contribution in [0.4, 0.5) is 23.1 Å². The molecule has 1 fully saturated rings. The van der Waals surface area contributed by atoms with Gasteiger partial charge in [-0.2, -0.15) is 10.1 Å². The highest BCUT2D eigenvalue weighted by atomic mass is 16.5. The maximum Gasteiger partial charge on any atom is 0.247 e. The summed E-state index contributed by atoms with van der Waals surface area (Å²) in [5.41, 5.74) is 2.27. The molecule has 0 amide bonds. The highest BCUT2D eigenvalue weighted by molar-refractivity contribution is 5.59. The summed E-state index contributed by atoms with van der Waals surface area (Å²) in [6.07, 6.45) is 1.70. The summed E-state index contributed by atoms with van der Waals surface area (Å²) in [5, 5.41) is 8.44. The lowest BCUT2D eigenvalue weighted by molar-refractivity contribution is 0.415. The van der Waals surface area contributed by atoms with Crippen LogP contribution in [0.2, 0.25) is 0 Å². The average Bonchev–Trinajstić information content (AvgIpc) is 2.79. The maximum atomic E-state index is 5.24. The van der Waals surface area contributed by atoms with Crippen LogP contribution in [0.3, 0.4) is 0 Å². The maximum absolute atomic E-state index is 5.24. The molecule has 1 aliphatic rings. The first-order chi connectivity index (χ1) is 13.7. The van der Waals surface area contributed by atoms with E-state index in [4.69, 9.17) is 9.72 Å². The predicted molar refractivity (Wildman–Crippen MR) is 112 cm³/mol. The van der Waals surface area contributed by atoms with Gasteiger partial charge in [0.1, 0.15) is 5.75 Å². The molecule has 1 aliphatic heterocycles. The Bertz CT molecular complexity index is 894. The second-order valence-electron chi connectivity index (χ2n) is 6.68. The number of para-hydroxylation sites is 1. The fourth-order valence-corrected chi connectivity index (χ4v) is 3.32. The molecule has 7 nitrogen and oxygen atoms in total. The van der Waals surface area contributed by atoms with Gasteiger partial charge >= 0.3 is 0 Å². The molecule has 28 heavy (non-hydrogen) atoms. The lowest BCUT2D eigenvalue weighted by atomic mass is 10.2. The van der Waals surface area contributed by atoms with Gasteiger partial charge in [-0.3, -0.25) is 0 Å². The van der Waals surface area contributed by atoms with E-state index in [0.717, 1.165) is 43.4 Å². The van der Waals surface area contributed by atoms with Gasteiger partial charge < -0.3 is 19.4 Å². The van der Waals surface area contributed by atoms with Gasteiger partial charge in [-0.05, 0) is 36.4 Å². The minimum absolute atomic E-state index is 0.676. The number of hydrogen-bond donors (Lipinski definition) is 0. The van der Waals surface area contributed by atoms with E-state index in [1.807, 2.05) is 42.3 Å². The Morgan fingerprint density at radius 1 is 0.893 bits per heavy atom. The summed E-state index contributed by atoms with van der Waals surface area (Å²) < 4.78 is 5.24. The number of ether oxygens (including phenoxy) is 1. The number of rotatable bonds is 5. The first-order valence-electron chi connectivity index (χ1n) is 9.37. The molecule has 3 aromatic rings. The molecule has 0 spiro atoms. The van der Waals surface area contributed by atoms with Gasteiger partial charge in [0.2, 0.25) is 5.95 Å². The molecule has 0 bridgehead atoms. The van der Waals surface area contributed by atoms with Crippen LogP contribution in [-0.4, -0.2) is 55.5 Å². The fraction of sp³-hybridized carbons (Fsp3) is 0.286. The summed E-state index contributed by atoms with van der Waals surface area (Å²) in [4.78, 5) is 11.3. The van der Waals surface area contributed by atoms with Gasteiger partial charge in [-0.15, -0.1) is 5.10 Å². The molecular weight excluding hydrogens is 352 g/mol. The Morgan fingerprint density at radius 2 is 1.57 bits per heavy atom. The Labute approximate surface area is 165 Å². The molecule has 1 aromatic heterocycles. The molecule has 0 saturated carbocycles. The van der Waals surface area contributed by atoms with Crippen molar-refractivity contribution in [3.05, 3.63) is 60.8 Å². The van der Waals surface area contributed by atoms with Crippen LogP contribution in [0.15, 0.2) is 60.8 Å². The zero-order chi connectivity index (χ0) is 19.3. The van der Waals surface area contributed by atoms with E-state index in [9.17, 15) is 0 Å². The zero-order valence-corrected chi connectivity index (χ0v) is 16.2. The summed E-state index contributed by atoms with van der Waals surface area (Å²) in [7, 11) is 3.68. The van der Waals surface area contributed by atoms with E-state index >= 15 is 0 Å². The number of aromatic nitrogens is 3. The third-order valence-corrected chi connectivity index (χ3v) is 5.02. The van der Waals surface area contributed by atoms with E-state index in [1.54, 1.807) is 13.3 Å². The van der Waals surface area contributed by atoms with E-state index in [0.29, 0.717) is 5.95 Å². The van der Waals surface area contributed by atoms with Crippen LogP contribution in [0.1, 0.15) is 0 Å². The fourth-order valence-electron chi connectivity index (χ4n) is 3.32. The van der Waals surface area contributed by atoms with Crippen molar-refractivity contribution >= 4 is 23.1 Å². The number of hydrogen-bond acceptors (Lipinski definition) is 7. The molecular formula is C21H24N6O. The zero-order valence-electron chi connectivity index (χ0n) is 16.2. The Balaban J connectivity index is 1.43. The van der Waals surface area contributed by atoms with Crippen molar-refractivity contribution in [3.8, 4) is 5.75 Å². The molecule has 2 heterocycles. The molecule has 0 radical (unpaired) electrons. The Hall–Kier alpha value is -3.35. The summed E-state index contributed by atoms with van der Waals surface area (Å²) in [6, 6.07) is 18.3. The molecule has 0 N–H and O–H groups in total. The highest BCUT2D eigenvalue weighted by Gasteiger charge is 2.20. The Kier molecular flexibility index (Phi) is 5.23. The number of benzene rings is 2. The normalized spacial score (nSPS) is 14.1. The predicted octanol–water partition coefficient (Wildman–Crippen LogP) is 2.97. The third-order valence-electron chi connectivity index (χ3n) is 5.02. The van der Waals surface area contributed by atoms with Crippen molar-refractivity contribution < 1.29 is 4.74 Å². The van der Waals surface area contributed by atoms with Crippen molar-refractivity contribution in [1.29, 1.82) is 0 Å². The summed E-state index contributed by atoms with van der Waals surface area (Å²) in [5.74, 6) is 2.34. The molecule has 7 heteroatoms. The number of anilines is 4. The van der Waals surface area contributed by atoms with Crippen LogP contribution < -0.4 is 19.4 Å². The SMILES string of the molecule is COc1ccc(N2CCN(c3nncc(N(C)c4ccccc4)n3)CC2)cc1. The molecule has 0 unspecified atom stereocenters. The standard InChI is InChI=1S/C21H24N6O/c1-25(17-6-4-3-5-7-17)20-16-22-24-21(23-20)27-14-12-26(13-15-27)18-8-10-19(28-2)11-9-18/h3-11,16H,12-15H2,1-2H3. The molecule has 144 valence electrons. The van der Waals surface area contributed by atoms with Crippen LogP contribution in [0.25, 0.3) is 0 Å². The highest BCUT2D eigenvalue weighted by Crippen LogP contribution is 2.24. The lowest BCUT2D eigenvalue weighted by Crippen LogP contribution is -2.47. The van der Waals surface area contributed by atoms with E-state index in [-0.39, 0.29) is 0 Å². The van der Waals surface area contributed by atoms with Crippen molar-refractivity contribution in [2.45, 2.75) is 0 Å². The molecule has 1 saturated heterocycles. The van der Waals surface area contributed by atoms with E-state index < -0.39 is 0 Å². The second-order valence-corrected chi connectivity index (χ2v) is 6.68. The monoisotopic (exact) mass is 376 g/mol. The number of methoxy groups -OCH3 is 1. The van der Waals surface area contributed by atoms with Crippen LogP contribution in [0.5, 0.6) is 5.75 Å². The summed E-state index contributed by atoms with van der Waals surface area (Å²) in [6.45, 7) is 3.53. The second kappa shape index (κ2) is 8.12. The van der Waals surface area contributed by atoms with Crippen LogP contribution in [0, 0.1) is 0 Å². The van der Waals surface area contributed by atoms with Crippen molar-refractivity contribution in [2.75, 3.05) is 55.0 Å². The largest absolute Gasteiger partial charge is 0.497 e. The van der Waals surface area contributed by atoms with Gasteiger partial charge in [-0.1, -0.05) is 18.2 Å². The van der Waals surface area contributed by atoms with Gasteiger partial charge in [0, 0.05) is 44.6 Å². The molecule has 4 rings (SSSR count). The smallest absolute Gasteiger partial charge is 0.247 e. The van der Waals surface area contributed by atoms with E-state index in [1.165, 1.54) is 5.69 Å². The topological polar surface area (TPSA) is 57.6 Å². The van der Waals surface area contributed by atoms with Gasteiger partial charge in [0.25, 0.3) is 0 Å². The average molecular weight is 376 g/mol. The molecule has 2 aromatic carbocycles. The van der Waals surface area contributed by atoms with Crippen LogP contribution in [-0.2, 0) is 0 Å². The molecule has 0 atom stereocenters.